The summed E-state index contributed by atoms with van der Waals surface area (Å²) >= 11 is 1.87. The summed E-state index contributed by atoms with van der Waals surface area (Å²) in [6.07, 6.45) is 6.89. The average molecular weight is 309 g/mol. The molecule has 0 spiro atoms. The molecule has 1 nitrogen and oxygen atoms in total. The highest BCUT2D eigenvalue weighted by atomic mass is 32.1. The molecule has 1 aromatic carbocycles. The van der Waals surface area contributed by atoms with E-state index in [2.05, 4.69) is 54.3 Å². The predicted molar refractivity (Wildman–Crippen MR) is 96.8 cm³/mol. The van der Waals surface area contributed by atoms with E-state index in [9.17, 15) is 0 Å². The van der Waals surface area contributed by atoms with E-state index >= 15 is 0 Å². The van der Waals surface area contributed by atoms with Crippen LogP contribution < -0.4 is 0 Å². The Bertz CT molecular complexity index is 789. The Balaban J connectivity index is 2.00. The number of hydrogen-bond donors (Lipinski definition) is 0. The topological polar surface area (TPSA) is 4.93 Å². The standard InChI is InChI=1S/C20H23NS/c1-14-10-11-16-17(13-14)21(2)20(18-9-6-12-22-18)19(16)15-7-4-3-5-8-15/h6,9-13,15H,3-5,7-8H2,1-2H3. The second-order valence-corrected chi connectivity index (χ2v) is 7.60. The SMILES string of the molecule is Cc1ccc2c(C3CCCCC3)c(-c3cccs3)n(C)c2c1. The van der Waals surface area contributed by atoms with Crippen LogP contribution in [0.1, 0.15) is 49.1 Å². The van der Waals surface area contributed by atoms with E-state index in [0.717, 1.165) is 5.92 Å². The van der Waals surface area contributed by atoms with E-state index in [1.165, 1.54) is 59.1 Å². The maximum Gasteiger partial charge on any atom is 0.0625 e. The van der Waals surface area contributed by atoms with E-state index < -0.39 is 0 Å². The molecular formula is C20H23NS. The normalized spacial score (nSPS) is 16.5. The monoisotopic (exact) mass is 309 g/mol. The van der Waals surface area contributed by atoms with Crippen LogP contribution in [0.2, 0.25) is 0 Å². The number of rotatable bonds is 2. The number of fused-ring (bicyclic) bond motifs is 1. The Kier molecular flexibility index (Phi) is 3.57. The van der Waals surface area contributed by atoms with Crippen LogP contribution in [-0.2, 0) is 7.05 Å². The molecule has 2 aromatic heterocycles. The molecule has 0 N–H and O–H groups in total. The van der Waals surface area contributed by atoms with E-state index in [1.54, 1.807) is 5.56 Å². The van der Waals surface area contributed by atoms with Crippen molar-refractivity contribution in [1.82, 2.24) is 4.57 Å². The molecule has 0 amide bonds. The predicted octanol–water partition coefficient (Wildman–Crippen LogP) is 6.26. The van der Waals surface area contributed by atoms with Crippen LogP contribution in [0.3, 0.4) is 0 Å². The first-order chi connectivity index (χ1) is 10.8. The zero-order chi connectivity index (χ0) is 15.1. The third-order valence-electron chi connectivity index (χ3n) is 5.16. The van der Waals surface area contributed by atoms with E-state index in [-0.39, 0.29) is 0 Å². The van der Waals surface area contributed by atoms with Gasteiger partial charge in [-0.15, -0.1) is 11.3 Å². The second kappa shape index (κ2) is 5.58. The fourth-order valence-corrected chi connectivity index (χ4v) is 4.91. The fourth-order valence-electron chi connectivity index (χ4n) is 4.09. The smallest absolute Gasteiger partial charge is 0.0625 e. The molecule has 1 saturated carbocycles. The molecule has 0 unspecified atom stereocenters. The number of benzene rings is 1. The van der Waals surface area contributed by atoms with Crippen molar-refractivity contribution in [2.45, 2.75) is 44.9 Å². The van der Waals surface area contributed by atoms with Crippen LogP contribution in [0.25, 0.3) is 21.5 Å². The van der Waals surface area contributed by atoms with Gasteiger partial charge in [-0.05, 0) is 54.3 Å². The van der Waals surface area contributed by atoms with Gasteiger partial charge in [0, 0.05) is 18.0 Å². The van der Waals surface area contributed by atoms with Crippen LogP contribution in [0.15, 0.2) is 35.7 Å². The van der Waals surface area contributed by atoms with E-state index in [0.29, 0.717) is 0 Å². The van der Waals surface area contributed by atoms with Gasteiger partial charge in [-0.25, -0.2) is 0 Å². The van der Waals surface area contributed by atoms with Crippen molar-refractivity contribution in [2.24, 2.45) is 7.05 Å². The number of hydrogen-bond acceptors (Lipinski definition) is 1. The summed E-state index contributed by atoms with van der Waals surface area (Å²) in [5, 5.41) is 3.67. The van der Waals surface area contributed by atoms with Crippen molar-refractivity contribution in [3.05, 3.63) is 46.8 Å². The quantitative estimate of drug-likeness (QED) is 0.526. The van der Waals surface area contributed by atoms with Gasteiger partial charge in [0.25, 0.3) is 0 Å². The molecule has 4 rings (SSSR count). The lowest BCUT2D eigenvalue weighted by Crippen LogP contribution is -2.05. The zero-order valence-corrected chi connectivity index (χ0v) is 14.2. The molecule has 1 fully saturated rings. The molecule has 0 aliphatic heterocycles. The van der Waals surface area contributed by atoms with Gasteiger partial charge in [0.05, 0.1) is 10.6 Å². The first-order valence-corrected chi connectivity index (χ1v) is 9.26. The van der Waals surface area contributed by atoms with Gasteiger partial charge in [0.2, 0.25) is 0 Å². The van der Waals surface area contributed by atoms with Crippen molar-refractivity contribution < 1.29 is 0 Å². The van der Waals surface area contributed by atoms with Gasteiger partial charge in [-0.3, -0.25) is 0 Å². The molecule has 0 radical (unpaired) electrons. The summed E-state index contributed by atoms with van der Waals surface area (Å²) in [6.45, 7) is 2.19. The fraction of sp³-hybridized carbons (Fsp3) is 0.400. The highest BCUT2D eigenvalue weighted by molar-refractivity contribution is 7.13. The van der Waals surface area contributed by atoms with Gasteiger partial charge >= 0.3 is 0 Å². The van der Waals surface area contributed by atoms with Crippen molar-refractivity contribution in [2.75, 3.05) is 0 Å². The highest BCUT2D eigenvalue weighted by Crippen LogP contribution is 2.44. The summed E-state index contributed by atoms with van der Waals surface area (Å²) in [5.41, 5.74) is 5.81. The molecule has 3 aromatic rings. The van der Waals surface area contributed by atoms with E-state index in [4.69, 9.17) is 0 Å². The van der Waals surface area contributed by atoms with Crippen molar-refractivity contribution >= 4 is 22.2 Å². The molecule has 1 aliphatic rings. The van der Waals surface area contributed by atoms with E-state index in [1.807, 2.05) is 11.3 Å². The number of aryl methyl sites for hydroxylation is 2. The van der Waals surface area contributed by atoms with Crippen molar-refractivity contribution in [3.8, 4) is 10.6 Å². The van der Waals surface area contributed by atoms with Crippen molar-refractivity contribution in [3.63, 3.8) is 0 Å². The Morgan fingerprint density at radius 3 is 2.64 bits per heavy atom. The molecule has 0 atom stereocenters. The minimum absolute atomic E-state index is 0.734. The van der Waals surface area contributed by atoms with Gasteiger partial charge in [-0.2, -0.15) is 0 Å². The van der Waals surface area contributed by atoms with Crippen LogP contribution in [0, 0.1) is 6.92 Å². The number of thiophene rings is 1. The molecule has 0 bridgehead atoms. The molecule has 114 valence electrons. The minimum Gasteiger partial charge on any atom is -0.343 e. The summed E-state index contributed by atoms with van der Waals surface area (Å²) in [4.78, 5) is 1.41. The molecular weight excluding hydrogens is 286 g/mol. The Morgan fingerprint density at radius 2 is 1.91 bits per heavy atom. The highest BCUT2D eigenvalue weighted by Gasteiger charge is 2.25. The second-order valence-electron chi connectivity index (χ2n) is 6.65. The Morgan fingerprint density at radius 1 is 1.09 bits per heavy atom. The third kappa shape index (κ3) is 2.21. The minimum atomic E-state index is 0.734. The third-order valence-corrected chi connectivity index (χ3v) is 6.04. The summed E-state index contributed by atoms with van der Waals surface area (Å²) in [7, 11) is 2.24. The summed E-state index contributed by atoms with van der Waals surface area (Å²) in [5.74, 6) is 0.734. The molecule has 22 heavy (non-hydrogen) atoms. The van der Waals surface area contributed by atoms with Crippen molar-refractivity contribution in [1.29, 1.82) is 0 Å². The maximum absolute atomic E-state index is 2.43. The summed E-state index contributed by atoms with van der Waals surface area (Å²) < 4.78 is 2.43. The first-order valence-electron chi connectivity index (χ1n) is 8.38. The average Bonchev–Trinajstić information content (AvgIpc) is 3.15. The lowest BCUT2D eigenvalue weighted by atomic mass is 9.82. The maximum atomic E-state index is 2.43. The Hall–Kier alpha value is -1.54. The molecule has 0 saturated heterocycles. The molecule has 1 aliphatic carbocycles. The lowest BCUT2D eigenvalue weighted by molar-refractivity contribution is 0.446. The molecule has 2 heteroatoms. The first kappa shape index (κ1) is 14.1. The number of aromatic nitrogens is 1. The Labute approximate surface area is 136 Å². The van der Waals surface area contributed by atoms with Gasteiger partial charge < -0.3 is 4.57 Å². The number of nitrogens with zero attached hydrogens (tertiary/aromatic N) is 1. The van der Waals surface area contributed by atoms with Gasteiger partial charge in [-0.1, -0.05) is 37.5 Å². The lowest BCUT2D eigenvalue weighted by Gasteiger charge is -2.23. The molecule has 2 heterocycles. The van der Waals surface area contributed by atoms with Gasteiger partial charge in [0.15, 0.2) is 0 Å². The van der Waals surface area contributed by atoms with Crippen LogP contribution in [0.5, 0.6) is 0 Å². The van der Waals surface area contributed by atoms with Crippen LogP contribution in [-0.4, -0.2) is 4.57 Å². The van der Waals surface area contributed by atoms with Crippen LogP contribution in [0.4, 0.5) is 0 Å². The summed E-state index contributed by atoms with van der Waals surface area (Å²) in [6, 6.07) is 11.4. The van der Waals surface area contributed by atoms with Gasteiger partial charge in [0.1, 0.15) is 0 Å². The largest absolute Gasteiger partial charge is 0.343 e. The van der Waals surface area contributed by atoms with Crippen LogP contribution >= 0.6 is 11.3 Å². The zero-order valence-electron chi connectivity index (χ0n) is 13.4.